The topological polar surface area (TPSA) is 110 Å². The van der Waals surface area contributed by atoms with Crippen LogP contribution in [0.4, 0.5) is 21.2 Å². The highest BCUT2D eigenvalue weighted by Crippen LogP contribution is 2.60. The quantitative estimate of drug-likeness (QED) is 0.116. The van der Waals surface area contributed by atoms with E-state index in [0.717, 1.165) is 11.1 Å². The molecule has 4 heterocycles. The number of hydrogen-bond donors (Lipinski definition) is 1. The van der Waals surface area contributed by atoms with Crippen LogP contribution in [0, 0.1) is 5.92 Å². The number of ether oxygens (including phenoxy) is 2. The number of rotatable bonds is 10. The molecule has 8 rings (SSSR count). The van der Waals surface area contributed by atoms with Crippen LogP contribution in [0.3, 0.4) is 0 Å². The SMILES string of the molecule is C[C@H]1[C@H]([Si](C)(C)F)[C@@H](CCn2cc(C(CO)c3ccccc3)nn2)O[C@]12C(=O)N(Cc1cccc(N3C(=O)COc4ccccc43)c1)c1ccc(Cl)cc12. The number of carbonyl (C=O) groups is 2. The Bertz CT molecular complexity index is 2220. The number of nitrogens with zero attached hydrogens (tertiary/aromatic N) is 5. The van der Waals surface area contributed by atoms with Gasteiger partial charge in [0.15, 0.2) is 12.2 Å². The summed E-state index contributed by atoms with van der Waals surface area (Å²) >= 11 is 6.60. The van der Waals surface area contributed by atoms with Gasteiger partial charge in [0.2, 0.25) is 8.41 Å². The molecule has 4 aromatic carbocycles. The van der Waals surface area contributed by atoms with Crippen molar-refractivity contribution in [3.05, 3.63) is 131 Å². The molecule has 1 aromatic heterocycles. The summed E-state index contributed by atoms with van der Waals surface area (Å²) in [5.41, 5.74) is 2.99. The fraction of sp³-hybridized carbons (Fsp3) is 0.317. The van der Waals surface area contributed by atoms with Gasteiger partial charge in [0.1, 0.15) is 5.75 Å². The van der Waals surface area contributed by atoms with Crippen molar-refractivity contribution in [1.29, 1.82) is 0 Å². The van der Waals surface area contributed by atoms with Gasteiger partial charge in [-0.05, 0) is 73.1 Å². The van der Waals surface area contributed by atoms with E-state index in [1.54, 1.807) is 39.7 Å². The first-order valence-corrected chi connectivity index (χ1v) is 21.5. The van der Waals surface area contributed by atoms with Gasteiger partial charge in [0.05, 0.1) is 42.2 Å². The molecule has 54 heavy (non-hydrogen) atoms. The van der Waals surface area contributed by atoms with Crippen LogP contribution in [0.15, 0.2) is 103 Å². The van der Waals surface area contributed by atoms with Gasteiger partial charge in [-0.15, -0.1) is 5.10 Å². The van der Waals surface area contributed by atoms with Crippen molar-refractivity contribution in [2.24, 2.45) is 5.92 Å². The van der Waals surface area contributed by atoms with Gasteiger partial charge in [-0.3, -0.25) is 19.2 Å². The van der Waals surface area contributed by atoms with Gasteiger partial charge in [0.25, 0.3) is 11.8 Å². The van der Waals surface area contributed by atoms with Gasteiger partial charge < -0.3 is 23.6 Å². The molecule has 1 unspecified atom stereocenters. The van der Waals surface area contributed by atoms with Crippen LogP contribution in [0.25, 0.3) is 0 Å². The van der Waals surface area contributed by atoms with E-state index in [4.69, 9.17) is 21.1 Å². The highest BCUT2D eigenvalue weighted by atomic mass is 35.5. The minimum atomic E-state index is -3.42. The molecular formula is C41H41ClFN5O5Si. The number of aryl methyl sites for hydroxylation is 1. The van der Waals surface area contributed by atoms with E-state index in [2.05, 4.69) is 10.3 Å². The van der Waals surface area contributed by atoms with Crippen molar-refractivity contribution in [2.45, 2.75) is 62.7 Å². The molecule has 0 radical (unpaired) electrons. The lowest BCUT2D eigenvalue weighted by Crippen LogP contribution is -2.45. The minimum Gasteiger partial charge on any atom is -0.482 e. The van der Waals surface area contributed by atoms with Crippen LogP contribution in [-0.4, -0.2) is 59.6 Å². The summed E-state index contributed by atoms with van der Waals surface area (Å²) in [6, 6.07) is 29.9. The van der Waals surface area contributed by atoms with Crippen molar-refractivity contribution in [1.82, 2.24) is 15.0 Å². The normalized spacial score (nSPS) is 22.7. The summed E-state index contributed by atoms with van der Waals surface area (Å²) in [4.78, 5) is 31.4. The average molecular weight is 766 g/mol. The molecule has 5 aromatic rings. The first-order valence-electron chi connectivity index (χ1n) is 18.2. The fourth-order valence-corrected chi connectivity index (χ4v) is 11.4. The Morgan fingerprint density at radius 1 is 1.00 bits per heavy atom. The van der Waals surface area contributed by atoms with Crippen molar-refractivity contribution >= 4 is 48.9 Å². The molecule has 2 amide bonds. The molecule has 0 bridgehead atoms. The van der Waals surface area contributed by atoms with E-state index in [9.17, 15) is 14.7 Å². The zero-order chi connectivity index (χ0) is 37.8. The summed E-state index contributed by atoms with van der Waals surface area (Å²) in [5, 5.41) is 19.3. The molecule has 13 heteroatoms. The van der Waals surface area contributed by atoms with E-state index in [0.29, 0.717) is 52.1 Å². The molecule has 3 aliphatic heterocycles. The summed E-state index contributed by atoms with van der Waals surface area (Å²) in [6.45, 7) is 5.65. The molecular weight excluding hydrogens is 725 g/mol. The Morgan fingerprint density at radius 3 is 2.56 bits per heavy atom. The number of amides is 2. The first kappa shape index (κ1) is 36.1. The average Bonchev–Trinajstić information content (AvgIpc) is 3.81. The lowest BCUT2D eigenvalue weighted by atomic mass is 9.82. The standard InChI is InChI=1S/C41H41ClFN5O5Si/c1-26-39(54(2,3)43)37(18-19-46-23-33(44-45-46)31(24-49)28-11-5-4-6-12-28)53-41(26)32-21-29(42)16-17-34(32)47(40(41)51)22-27-10-9-13-30(20-27)48-35-14-7-8-15-36(35)52-25-38(48)50/h4-17,20-21,23,26,31,37,39,49H,18-19,22,24-25H2,1-3H3/t26-,31?,37+,39-,41+/m0/s1. The molecule has 5 atom stereocenters. The number of aromatic nitrogens is 3. The van der Waals surface area contributed by atoms with Crippen LogP contribution >= 0.6 is 11.6 Å². The van der Waals surface area contributed by atoms with E-state index in [1.807, 2.05) is 98.0 Å². The lowest BCUT2D eigenvalue weighted by Gasteiger charge is -2.31. The molecule has 0 saturated carbocycles. The maximum atomic E-state index is 16.5. The van der Waals surface area contributed by atoms with Crippen molar-refractivity contribution in [2.75, 3.05) is 23.0 Å². The number of hydrogen-bond acceptors (Lipinski definition) is 7. The highest BCUT2D eigenvalue weighted by Gasteiger charge is 2.66. The van der Waals surface area contributed by atoms with Gasteiger partial charge in [0, 0.05) is 40.5 Å². The van der Waals surface area contributed by atoms with Crippen LogP contribution in [0.5, 0.6) is 5.75 Å². The smallest absolute Gasteiger partial charge is 0.269 e. The molecule has 1 N–H and O–H groups in total. The Morgan fingerprint density at radius 2 is 1.78 bits per heavy atom. The second kappa shape index (κ2) is 14.1. The Balaban J connectivity index is 1.08. The maximum absolute atomic E-state index is 16.5. The Labute approximate surface area is 319 Å². The number of aliphatic hydroxyl groups excluding tert-OH is 1. The van der Waals surface area contributed by atoms with Gasteiger partial charge in [-0.25, -0.2) is 0 Å². The molecule has 3 aliphatic rings. The second-order valence-corrected chi connectivity index (χ2v) is 19.1. The van der Waals surface area contributed by atoms with Gasteiger partial charge in [-0.1, -0.05) is 78.3 Å². The summed E-state index contributed by atoms with van der Waals surface area (Å²) in [7, 11) is -3.42. The fourth-order valence-electron chi connectivity index (χ4n) is 8.71. The zero-order valence-corrected chi connectivity index (χ0v) is 32.0. The van der Waals surface area contributed by atoms with Crippen LogP contribution in [0.2, 0.25) is 23.7 Å². The lowest BCUT2D eigenvalue weighted by molar-refractivity contribution is -0.146. The van der Waals surface area contributed by atoms with Crippen molar-refractivity contribution in [3.8, 4) is 5.75 Å². The van der Waals surface area contributed by atoms with E-state index in [-0.39, 0.29) is 37.5 Å². The maximum Gasteiger partial charge on any atom is 0.269 e. The second-order valence-electron chi connectivity index (χ2n) is 14.8. The van der Waals surface area contributed by atoms with Crippen molar-refractivity contribution < 1.29 is 28.3 Å². The van der Waals surface area contributed by atoms with E-state index < -0.39 is 31.6 Å². The largest absolute Gasteiger partial charge is 0.482 e. The summed E-state index contributed by atoms with van der Waals surface area (Å²) in [6.07, 6.45) is 1.62. The Kier molecular flexibility index (Phi) is 9.41. The van der Waals surface area contributed by atoms with Crippen LogP contribution in [-0.2, 0) is 33.0 Å². The molecule has 1 fully saturated rings. The number of anilines is 3. The monoisotopic (exact) mass is 765 g/mol. The Hall–Kier alpha value is -4.88. The molecule has 0 aliphatic carbocycles. The van der Waals surface area contributed by atoms with Crippen LogP contribution < -0.4 is 14.5 Å². The first-order chi connectivity index (χ1) is 26.0. The molecule has 1 spiro atoms. The predicted octanol–water partition coefficient (Wildman–Crippen LogP) is 7.52. The number of benzene rings is 4. The highest BCUT2D eigenvalue weighted by molar-refractivity contribution is 6.72. The van der Waals surface area contributed by atoms with Crippen molar-refractivity contribution in [3.63, 3.8) is 0 Å². The van der Waals surface area contributed by atoms with Crippen LogP contribution in [0.1, 0.15) is 41.6 Å². The third-order valence-corrected chi connectivity index (χ3v) is 13.8. The number of carbonyl (C=O) groups excluding carboxylic acids is 2. The van der Waals surface area contributed by atoms with Gasteiger partial charge >= 0.3 is 0 Å². The predicted molar refractivity (Wildman–Crippen MR) is 206 cm³/mol. The molecule has 10 nitrogen and oxygen atoms in total. The summed E-state index contributed by atoms with van der Waals surface area (Å²) in [5.74, 6) is -0.678. The number of fused-ring (bicyclic) bond motifs is 3. The number of aliphatic hydroxyl groups is 1. The third-order valence-electron chi connectivity index (χ3n) is 11.1. The van der Waals surface area contributed by atoms with E-state index in [1.165, 1.54) is 0 Å². The number of para-hydroxylation sites is 2. The van der Waals surface area contributed by atoms with E-state index >= 15 is 4.11 Å². The zero-order valence-electron chi connectivity index (χ0n) is 30.2. The summed E-state index contributed by atoms with van der Waals surface area (Å²) < 4.78 is 30.8. The number of halogens is 2. The van der Waals surface area contributed by atoms with Gasteiger partial charge in [-0.2, -0.15) is 0 Å². The minimum absolute atomic E-state index is 0.0801. The molecule has 278 valence electrons. The molecule has 1 saturated heterocycles. The third kappa shape index (κ3) is 6.20.